The Balaban J connectivity index is 2.06. The Morgan fingerprint density at radius 3 is 2.35 bits per heavy atom. The van der Waals surface area contributed by atoms with Crippen LogP contribution in [0.5, 0.6) is 5.75 Å². The van der Waals surface area contributed by atoms with E-state index in [9.17, 15) is 9.59 Å². The maximum atomic E-state index is 12.8. The van der Waals surface area contributed by atoms with Gasteiger partial charge in [-0.2, -0.15) is 0 Å². The molecule has 0 spiro atoms. The van der Waals surface area contributed by atoms with Crippen molar-refractivity contribution in [2.24, 2.45) is 5.16 Å². The maximum absolute atomic E-state index is 12.8. The minimum atomic E-state index is -0.553. The Kier molecular flexibility index (Phi) is 12.0. The normalized spacial score (nSPS) is 12.3. The molecule has 6 heteroatoms. The van der Waals surface area contributed by atoms with E-state index in [1.165, 1.54) is 31.7 Å². The van der Waals surface area contributed by atoms with Crippen molar-refractivity contribution in [3.63, 3.8) is 0 Å². The molecule has 0 bridgehead atoms. The number of ether oxygens (including phenoxy) is 1. The largest absolute Gasteiger partial charge is 0.491 e. The highest BCUT2D eigenvalue weighted by atomic mass is 16.7. The van der Waals surface area contributed by atoms with E-state index in [0.717, 1.165) is 37.0 Å². The molecule has 6 nitrogen and oxygen atoms in total. The van der Waals surface area contributed by atoms with Gasteiger partial charge in [0.15, 0.2) is 0 Å². The van der Waals surface area contributed by atoms with Crippen molar-refractivity contribution in [2.75, 3.05) is 13.2 Å². The SMILES string of the molecule is CCCCCC(CCCc1ccccc1C(=O)C(C)=NOC(C)=O)c1ccc(OCCO)cc1. The summed E-state index contributed by atoms with van der Waals surface area (Å²) >= 11 is 0. The Morgan fingerprint density at radius 2 is 1.68 bits per heavy atom. The summed E-state index contributed by atoms with van der Waals surface area (Å²) in [7, 11) is 0. The Labute approximate surface area is 203 Å². The lowest BCUT2D eigenvalue weighted by Crippen LogP contribution is -2.14. The first-order chi connectivity index (χ1) is 16.5. The topological polar surface area (TPSA) is 85.2 Å². The first-order valence-electron chi connectivity index (χ1n) is 12.1. The highest BCUT2D eigenvalue weighted by molar-refractivity contribution is 6.45. The van der Waals surface area contributed by atoms with Crippen molar-refractivity contribution in [1.29, 1.82) is 0 Å². The molecular weight excluding hydrogens is 430 g/mol. The lowest BCUT2D eigenvalue weighted by Gasteiger charge is -2.18. The van der Waals surface area contributed by atoms with Gasteiger partial charge < -0.3 is 14.7 Å². The van der Waals surface area contributed by atoms with Gasteiger partial charge in [0.1, 0.15) is 18.1 Å². The van der Waals surface area contributed by atoms with E-state index in [4.69, 9.17) is 9.84 Å². The monoisotopic (exact) mass is 467 g/mol. The van der Waals surface area contributed by atoms with Crippen LogP contribution in [-0.4, -0.2) is 35.8 Å². The molecule has 184 valence electrons. The van der Waals surface area contributed by atoms with Crippen LogP contribution in [0.25, 0.3) is 0 Å². The zero-order valence-electron chi connectivity index (χ0n) is 20.6. The molecule has 0 aliphatic rings. The Morgan fingerprint density at radius 1 is 0.971 bits per heavy atom. The fraction of sp³-hybridized carbons (Fsp3) is 0.464. The number of carbonyl (C=O) groups is 2. The highest BCUT2D eigenvalue weighted by Gasteiger charge is 2.16. The fourth-order valence-electron chi connectivity index (χ4n) is 3.99. The van der Waals surface area contributed by atoms with Gasteiger partial charge in [0.05, 0.1) is 6.61 Å². The molecule has 0 aromatic heterocycles. The molecule has 2 aromatic rings. The van der Waals surface area contributed by atoms with Crippen molar-refractivity contribution in [3.05, 3.63) is 65.2 Å². The number of ketones is 1. The molecule has 2 aromatic carbocycles. The fourth-order valence-corrected chi connectivity index (χ4v) is 3.99. The third-order valence-electron chi connectivity index (χ3n) is 5.77. The van der Waals surface area contributed by atoms with Crippen LogP contribution < -0.4 is 4.74 Å². The summed E-state index contributed by atoms with van der Waals surface area (Å²) < 4.78 is 5.49. The molecule has 1 N–H and O–H groups in total. The second-order valence-corrected chi connectivity index (χ2v) is 8.47. The number of unbranched alkanes of at least 4 members (excludes halogenated alkanes) is 2. The summed E-state index contributed by atoms with van der Waals surface area (Å²) in [5, 5.41) is 12.6. The second kappa shape index (κ2) is 15.0. The number of carbonyl (C=O) groups excluding carboxylic acids is 2. The Bertz CT molecular complexity index is 936. The molecule has 0 heterocycles. The van der Waals surface area contributed by atoms with Gasteiger partial charge in [-0.1, -0.05) is 67.7 Å². The highest BCUT2D eigenvalue weighted by Crippen LogP contribution is 2.30. The number of oxime groups is 1. The van der Waals surface area contributed by atoms with Crippen LogP contribution in [0.1, 0.15) is 86.7 Å². The first-order valence-corrected chi connectivity index (χ1v) is 12.1. The standard InChI is InChI=1S/C28H37NO5/c1-4-5-6-10-23(24-15-17-26(18-16-24)33-20-19-30)12-9-13-25-11-7-8-14-27(25)28(32)21(2)29-34-22(3)31/h7-8,11,14-18,23,30H,4-6,9-10,12-13,19-20H2,1-3H3. The quantitative estimate of drug-likeness (QED) is 0.116. The molecular formula is C28H37NO5. The smallest absolute Gasteiger partial charge is 0.331 e. The van der Waals surface area contributed by atoms with Crippen molar-refractivity contribution in [1.82, 2.24) is 0 Å². The van der Waals surface area contributed by atoms with Gasteiger partial charge >= 0.3 is 5.97 Å². The number of aryl methyl sites for hydroxylation is 1. The summed E-state index contributed by atoms with van der Waals surface area (Å²) in [5.74, 6) is 0.425. The average Bonchev–Trinajstić information content (AvgIpc) is 2.85. The van der Waals surface area contributed by atoms with E-state index in [1.807, 2.05) is 30.3 Å². The molecule has 2 rings (SSSR count). The zero-order valence-corrected chi connectivity index (χ0v) is 20.6. The van der Waals surface area contributed by atoms with Gasteiger partial charge in [-0.25, -0.2) is 4.79 Å². The van der Waals surface area contributed by atoms with Crippen molar-refractivity contribution in [2.45, 2.75) is 71.6 Å². The maximum Gasteiger partial charge on any atom is 0.331 e. The molecule has 0 amide bonds. The summed E-state index contributed by atoms with van der Waals surface area (Å²) in [6.07, 6.45) is 7.46. The van der Waals surface area contributed by atoms with Crippen molar-refractivity contribution >= 4 is 17.5 Å². The first kappa shape index (κ1) is 27.3. The minimum absolute atomic E-state index is 0.000498. The molecule has 0 aliphatic carbocycles. The van der Waals surface area contributed by atoms with Crippen LogP contribution in [0.2, 0.25) is 0 Å². The van der Waals surface area contributed by atoms with Crippen molar-refractivity contribution < 1.29 is 24.3 Å². The van der Waals surface area contributed by atoms with Crippen LogP contribution in [0.3, 0.4) is 0 Å². The third kappa shape index (κ3) is 9.10. The molecule has 0 saturated carbocycles. The number of benzene rings is 2. The average molecular weight is 468 g/mol. The van der Waals surface area contributed by atoms with Crippen LogP contribution in [-0.2, 0) is 16.1 Å². The molecule has 34 heavy (non-hydrogen) atoms. The molecule has 0 radical (unpaired) electrons. The number of aliphatic hydroxyl groups excluding tert-OH is 1. The summed E-state index contributed by atoms with van der Waals surface area (Å²) in [5.41, 5.74) is 3.03. The number of Topliss-reactive ketones (excluding diaryl/α,β-unsaturated/α-hetero) is 1. The van der Waals surface area contributed by atoms with Crippen LogP contribution >= 0.6 is 0 Å². The number of aliphatic hydroxyl groups is 1. The van der Waals surface area contributed by atoms with Crippen molar-refractivity contribution in [3.8, 4) is 5.75 Å². The van der Waals surface area contributed by atoms with E-state index in [-0.39, 0.29) is 18.1 Å². The van der Waals surface area contributed by atoms with E-state index < -0.39 is 5.97 Å². The van der Waals surface area contributed by atoms with E-state index in [2.05, 4.69) is 29.0 Å². The van der Waals surface area contributed by atoms with Gasteiger partial charge in [0.2, 0.25) is 5.78 Å². The molecule has 0 fully saturated rings. The van der Waals surface area contributed by atoms with Crippen LogP contribution in [0.15, 0.2) is 53.7 Å². The predicted molar refractivity (Wildman–Crippen MR) is 134 cm³/mol. The summed E-state index contributed by atoms with van der Waals surface area (Å²) in [6.45, 7) is 5.31. The van der Waals surface area contributed by atoms with E-state index in [1.54, 1.807) is 13.0 Å². The summed E-state index contributed by atoms with van der Waals surface area (Å²) in [4.78, 5) is 28.5. The lowest BCUT2D eigenvalue weighted by atomic mass is 9.87. The molecule has 0 aliphatic heterocycles. The zero-order chi connectivity index (χ0) is 24.8. The van der Waals surface area contributed by atoms with Gasteiger partial charge in [-0.3, -0.25) is 4.79 Å². The molecule has 1 atom stereocenters. The van der Waals surface area contributed by atoms with Crippen LogP contribution in [0.4, 0.5) is 0 Å². The number of hydrogen-bond acceptors (Lipinski definition) is 6. The van der Waals surface area contributed by atoms with Crippen LogP contribution in [0, 0.1) is 0 Å². The lowest BCUT2D eigenvalue weighted by molar-refractivity contribution is -0.140. The van der Waals surface area contributed by atoms with E-state index in [0.29, 0.717) is 18.1 Å². The van der Waals surface area contributed by atoms with E-state index >= 15 is 0 Å². The third-order valence-corrected chi connectivity index (χ3v) is 5.77. The minimum Gasteiger partial charge on any atom is -0.491 e. The van der Waals surface area contributed by atoms with Gasteiger partial charge in [0, 0.05) is 12.5 Å². The number of hydrogen-bond donors (Lipinski definition) is 1. The second-order valence-electron chi connectivity index (χ2n) is 8.47. The number of nitrogens with zero attached hydrogens (tertiary/aromatic N) is 1. The van der Waals surface area contributed by atoms with Gasteiger partial charge in [-0.05, 0) is 61.8 Å². The van der Waals surface area contributed by atoms with Gasteiger partial charge in [-0.15, -0.1) is 0 Å². The Hall–Kier alpha value is -2.99. The molecule has 1 unspecified atom stereocenters. The predicted octanol–water partition coefficient (Wildman–Crippen LogP) is 5.87. The summed E-state index contributed by atoms with van der Waals surface area (Å²) in [6, 6.07) is 15.7. The molecule has 0 saturated heterocycles. The van der Waals surface area contributed by atoms with Gasteiger partial charge in [0.25, 0.3) is 0 Å². The number of rotatable bonds is 15.